The first-order chi connectivity index (χ1) is 8.90. The summed E-state index contributed by atoms with van der Waals surface area (Å²) in [6.07, 6.45) is 0.509. The molecule has 0 fully saturated rings. The molecule has 0 aromatic carbocycles. The Balaban J connectivity index is 2.26. The Hall–Kier alpha value is -2.33. The first-order valence-electron chi connectivity index (χ1n) is 5.19. The minimum Gasteiger partial charge on any atom is -0.370 e. The summed E-state index contributed by atoms with van der Waals surface area (Å²) in [5, 5.41) is 24.3. The van der Waals surface area contributed by atoms with Crippen molar-refractivity contribution >= 4 is 11.8 Å². The van der Waals surface area contributed by atoms with Gasteiger partial charge >= 0.3 is 0 Å². The maximum absolute atomic E-state index is 9.07. The Morgan fingerprint density at radius 1 is 1.74 bits per heavy atom. The molecule has 5 N–H and O–H groups in total. The van der Waals surface area contributed by atoms with Crippen molar-refractivity contribution < 1.29 is 14.9 Å². The summed E-state index contributed by atoms with van der Waals surface area (Å²) < 4.78 is 6.21. The lowest BCUT2D eigenvalue weighted by molar-refractivity contribution is -0.337. The van der Waals surface area contributed by atoms with Crippen LogP contribution >= 0.6 is 0 Å². The average molecular weight is 268 g/mol. The van der Waals surface area contributed by atoms with E-state index < -0.39 is 12.1 Å². The molecule has 1 aromatic rings. The zero-order valence-corrected chi connectivity index (χ0v) is 9.93. The van der Waals surface area contributed by atoms with Gasteiger partial charge in [0.25, 0.3) is 5.97 Å². The van der Waals surface area contributed by atoms with Crippen LogP contribution in [0.5, 0.6) is 0 Å². The van der Waals surface area contributed by atoms with E-state index in [2.05, 4.69) is 25.3 Å². The number of imidazole rings is 1. The largest absolute Gasteiger partial charge is 0.370 e. The Labute approximate surface area is 107 Å². The van der Waals surface area contributed by atoms with Crippen LogP contribution in [0.3, 0.4) is 0 Å². The van der Waals surface area contributed by atoms with Gasteiger partial charge in [-0.15, -0.1) is 0 Å². The van der Waals surface area contributed by atoms with Crippen molar-refractivity contribution in [2.75, 3.05) is 5.32 Å². The molecular formula is C8H12N8O3. The van der Waals surface area contributed by atoms with E-state index in [9.17, 15) is 0 Å². The third kappa shape index (κ3) is 2.92. The van der Waals surface area contributed by atoms with Gasteiger partial charge in [0.1, 0.15) is 18.2 Å². The van der Waals surface area contributed by atoms with Crippen LogP contribution in [0.4, 0.5) is 5.82 Å². The zero-order chi connectivity index (χ0) is 14.0. The van der Waals surface area contributed by atoms with Gasteiger partial charge in [0.15, 0.2) is 12.1 Å². The average Bonchev–Trinajstić information content (AvgIpc) is 2.69. The molecule has 11 nitrogen and oxygen atoms in total. The molecular weight excluding hydrogens is 256 g/mol. The topological polar surface area (TPSA) is 167 Å². The first kappa shape index (κ1) is 13.1. The van der Waals surface area contributed by atoms with E-state index in [1.54, 1.807) is 0 Å². The first-order valence-corrected chi connectivity index (χ1v) is 5.19. The lowest BCUT2D eigenvalue weighted by Crippen LogP contribution is -2.31. The normalized spacial score (nSPS) is 18.1. The third-order valence-electron chi connectivity index (χ3n) is 2.26. The summed E-state index contributed by atoms with van der Waals surface area (Å²) in [7, 11) is 0. The highest BCUT2D eigenvalue weighted by Gasteiger charge is 2.25. The van der Waals surface area contributed by atoms with Crippen molar-refractivity contribution in [3.8, 4) is 0 Å². The lowest BCUT2D eigenvalue weighted by atomic mass is 10.3. The molecule has 1 aliphatic rings. The molecule has 1 aliphatic heterocycles. The molecule has 0 saturated carbocycles. The number of nitrogens with zero attached hydrogens (tertiary/aromatic N) is 6. The summed E-state index contributed by atoms with van der Waals surface area (Å²) in [5.74, 6) is -1.80. The van der Waals surface area contributed by atoms with E-state index in [1.807, 2.05) is 0 Å². The number of rotatable bonds is 4. The predicted molar refractivity (Wildman–Crippen MR) is 63.3 cm³/mol. The van der Waals surface area contributed by atoms with Crippen LogP contribution in [0, 0.1) is 0 Å². The van der Waals surface area contributed by atoms with E-state index in [0.29, 0.717) is 11.5 Å². The Bertz CT molecular complexity index is 553. The smallest absolute Gasteiger partial charge is 0.276 e. The van der Waals surface area contributed by atoms with Crippen molar-refractivity contribution in [2.45, 2.75) is 25.8 Å². The lowest BCUT2D eigenvalue weighted by Gasteiger charge is -2.20. The van der Waals surface area contributed by atoms with E-state index in [-0.39, 0.29) is 12.7 Å². The van der Waals surface area contributed by atoms with E-state index in [1.165, 1.54) is 10.9 Å². The number of nitrogens with one attached hydrogen (secondary N) is 1. The minimum absolute atomic E-state index is 0.0578. The molecule has 2 rings (SSSR count). The highest BCUT2D eigenvalue weighted by Crippen LogP contribution is 2.29. The molecule has 0 saturated heterocycles. The standard InChI is InChI=1S/C8H12N8O3/c1-8(17,18)19-3-16-2-11-4-5(14-15-10)12-7(9)13-6(4)16/h2,5,17-18H,3H2,1H3,(H3,9,12,13). The molecule has 0 spiro atoms. The maximum Gasteiger partial charge on any atom is 0.276 e. The molecule has 0 bridgehead atoms. The van der Waals surface area contributed by atoms with Gasteiger partial charge in [-0.1, -0.05) is 5.11 Å². The molecule has 1 unspecified atom stereocenters. The predicted octanol–water partition coefficient (Wildman–Crippen LogP) is -0.435. The second-order valence-electron chi connectivity index (χ2n) is 3.87. The second kappa shape index (κ2) is 4.74. The van der Waals surface area contributed by atoms with Crippen molar-refractivity contribution in [1.82, 2.24) is 9.55 Å². The second-order valence-corrected chi connectivity index (χ2v) is 3.87. The summed E-state index contributed by atoms with van der Waals surface area (Å²) in [6, 6.07) is 0. The number of guanidine groups is 1. The van der Waals surface area contributed by atoms with Gasteiger partial charge in [-0.2, -0.15) is 0 Å². The van der Waals surface area contributed by atoms with Gasteiger partial charge in [0.05, 0.1) is 6.33 Å². The van der Waals surface area contributed by atoms with Crippen molar-refractivity contribution in [1.29, 1.82) is 0 Å². The zero-order valence-electron chi connectivity index (χ0n) is 9.93. The monoisotopic (exact) mass is 268 g/mol. The maximum atomic E-state index is 9.07. The number of hydrogen-bond donors (Lipinski definition) is 4. The number of aliphatic imine (C=N–C) groups is 1. The number of aromatic nitrogens is 2. The van der Waals surface area contributed by atoms with Gasteiger partial charge in [-0.05, 0) is 5.53 Å². The molecule has 1 atom stereocenters. The third-order valence-corrected chi connectivity index (χ3v) is 2.26. The van der Waals surface area contributed by atoms with Gasteiger partial charge in [-0.3, -0.25) is 4.57 Å². The fourth-order valence-electron chi connectivity index (χ4n) is 1.49. The number of nitrogens with two attached hydrogens (primary N) is 1. The van der Waals surface area contributed by atoms with Crippen molar-refractivity contribution in [3.63, 3.8) is 0 Å². The summed E-state index contributed by atoms with van der Waals surface area (Å²) in [5.41, 5.74) is 14.4. The van der Waals surface area contributed by atoms with E-state index in [0.717, 1.165) is 6.92 Å². The number of ether oxygens (including phenoxy) is 1. The Kier molecular flexibility index (Phi) is 3.27. The minimum atomic E-state index is -2.27. The molecule has 0 amide bonds. The SMILES string of the molecule is CC(O)(O)OCn1cnc2c1NC(N)=NC2N=[N+]=[N-]. The van der Waals surface area contributed by atoms with Crippen molar-refractivity contribution in [2.24, 2.45) is 15.8 Å². The van der Waals surface area contributed by atoms with Crippen LogP contribution in [0.15, 0.2) is 16.4 Å². The van der Waals surface area contributed by atoms with Gasteiger partial charge < -0.3 is 26.0 Å². The Morgan fingerprint density at radius 2 is 2.47 bits per heavy atom. The molecule has 0 aliphatic carbocycles. The molecule has 1 aromatic heterocycles. The van der Waals surface area contributed by atoms with Gasteiger partial charge in [-0.25, -0.2) is 9.98 Å². The molecule has 11 heteroatoms. The van der Waals surface area contributed by atoms with Crippen LogP contribution in [0.25, 0.3) is 10.4 Å². The number of anilines is 1. The molecule has 102 valence electrons. The van der Waals surface area contributed by atoms with E-state index >= 15 is 0 Å². The molecule has 19 heavy (non-hydrogen) atoms. The van der Waals surface area contributed by atoms with Crippen LogP contribution in [-0.4, -0.2) is 31.7 Å². The van der Waals surface area contributed by atoms with Crippen LogP contribution in [0.2, 0.25) is 0 Å². The highest BCUT2D eigenvalue weighted by molar-refractivity contribution is 5.93. The van der Waals surface area contributed by atoms with Gasteiger partial charge in [0.2, 0.25) is 0 Å². The number of hydrogen-bond acceptors (Lipinski definition) is 8. The van der Waals surface area contributed by atoms with Crippen molar-refractivity contribution in [3.05, 3.63) is 22.5 Å². The number of fused-ring (bicyclic) bond motifs is 1. The summed E-state index contributed by atoms with van der Waals surface area (Å²) in [4.78, 5) is 10.6. The van der Waals surface area contributed by atoms with Gasteiger partial charge in [0, 0.05) is 11.8 Å². The quantitative estimate of drug-likeness (QED) is 0.250. The highest BCUT2D eigenvalue weighted by atomic mass is 16.8. The molecule has 0 radical (unpaired) electrons. The number of aliphatic hydroxyl groups is 2. The van der Waals surface area contributed by atoms with Crippen LogP contribution in [-0.2, 0) is 11.5 Å². The summed E-state index contributed by atoms with van der Waals surface area (Å²) in [6.45, 7) is 0.886. The molecule has 2 heterocycles. The Morgan fingerprint density at radius 3 is 3.11 bits per heavy atom. The fraction of sp³-hybridized carbons (Fsp3) is 0.500. The number of azide groups is 1. The summed E-state index contributed by atoms with van der Waals surface area (Å²) >= 11 is 0. The van der Waals surface area contributed by atoms with Crippen LogP contribution < -0.4 is 11.1 Å². The van der Waals surface area contributed by atoms with E-state index in [4.69, 9.17) is 26.2 Å². The van der Waals surface area contributed by atoms with Crippen LogP contribution in [0.1, 0.15) is 18.8 Å². The fourth-order valence-corrected chi connectivity index (χ4v) is 1.49.